The van der Waals surface area contributed by atoms with Crippen LogP contribution in [0, 0.1) is 0 Å². The Morgan fingerprint density at radius 1 is 1.25 bits per heavy atom. The first-order chi connectivity index (χ1) is 11.5. The lowest BCUT2D eigenvalue weighted by molar-refractivity contribution is 0.262. The van der Waals surface area contributed by atoms with Crippen molar-refractivity contribution < 1.29 is 9.18 Å². The van der Waals surface area contributed by atoms with Gasteiger partial charge in [-0.15, -0.1) is 0 Å². The molecule has 6 heteroatoms. The summed E-state index contributed by atoms with van der Waals surface area (Å²) in [5.41, 5.74) is 2.57. The Bertz CT molecular complexity index is 734. The maximum atomic E-state index is 13.2. The predicted molar refractivity (Wildman–Crippen MR) is 95.6 cm³/mol. The van der Waals surface area contributed by atoms with E-state index >= 15 is 0 Å². The number of benzene rings is 1. The summed E-state index contributed by atoms with van der Waals surface area (Å²) in [5, 5.41) is 11.7. The zero-order valence-corrected chi connectivity index (χ0v) is 13.7. The van der Waals surface area contributed by atoms with Gasteiger partial charge in [0.1, 0.15) is 5.83 Å². The van der Waals surface area contributed by atoms with Crippen LogP contribution in [0.4, 0.5) is 20.6 Å². The van der Waals surface area contributed by atoms with E-state index in [1.807, 2.05) is 24.3 Å². The van der Waals surface area contributed by atoms with E-state index in [-0.39, 0.29) is 11.3 Å². The van der Waals surface area contributed by atoms with Gasteiger partial charge in [-0.3, -0.25) is 5.10 Å². The van der Waals surface area contributed by atoms with Gasteiger partial charge in [0.05, 0.1) is 17.6 Å². The second kappa shape index (κ2) is 8.10. The van der Waals surface area contributed by atoms with Gasteiger partial charge in [-0.25, -0.2) is 9.18 Å². The smallest absolute Gasteiger partial charge is 0.308 e. The summed E-state index contributed by atoms with van der Waals surface area (Å²) in [6.07, 6.45) is 4.69. The predicted octanol–water partition coefficient (Wildman–Crippen LogP) is 4.89. The molecule has 3 N–H and O–H groups in total. The third-order valence-corrected chi connectivity index (χ3v) is 3.55. The molecule has 126 valence electrons. The van der Waals surface area contributed by atoms with Crippen molar-refractivity contribution in [2.75, 3.05) is 10.6 Å². The molecule has 0 aliphatic rings. The number of nitrogens with one attached hydrogen (secondary N) is 3. The molecule has 0 saturated heterocycles. The molecule has 0 unspecified atom stereocenters. The fraction of sp³-hybridized carbons (Fsp3) is 0.222. The summed E-state index contributed by atoms with van der Waals surface area (Å²) in [7, 11) is 0. The van der Waals surface area contributed by atoms with Crippen molar-refractivity contribution in [3.8, 4) is 0 Å². The molecular formula is C18H21FN4O. The van der Waals surface area contributed by atoms with Crippen LogP contribution in [-0.4, -0.2) is 16.2 Å². The Morgan fingerprint density at radius 3 is 2.58 bits per heavy atom. The summed E-state index contributed by atoms with van der Waals surface area (Å²) in [6.45, 7) is 8.90. The highest BCUT2D eigenvalue weighted by atomic mass is 19.1. The SMILES string of the molecule is C=C(F)C(=C)c1[nH]ncc1NC(=O)Nc1ccc(CCCC)cc1. The minimum Gasteiger partial charge on any atom is -0.308 e. The highest BCUT2D eigenvalue weighted by Gasteiger charge is 2.13. The summed E-state index contributed by atoms with van der Waals surface area (Å²) in [4.78, 5) is 12.1. The van der Waals surface area contributed by atoms with Crippen LogP contribution in [0.5, 0.6) is 0 Å². The number of carbonyl (C=O) groups excluding carboxylic acids is 1. The van der Waals surface area contributed by atoms with E-state index in [0.29, 0.717) is 11.4 Å². The van der Waals surface area contributed by atoms with Crippen LogP contribution in [-0.2, 0) is 6.42 Å². The number of anilines is 2. The average molecular weight is 328 g/mol. The van der Waals surface area contributed by atoms with Gasteiger partial charge in [0, 0.05) is 11.3 Å². The highest BCUT2D eigenvalue weighted by Crippen LogP contribution is 2.25. The third-order valence-electron chi connectivity index (χ3n) is 3.55. The molecular weight excluding hydrogens is 307 g/mol. The van der Waals surface area contributed by atoms with Crippen LogP contribution in [0.2, 0.25) is 0 Å². The summed E-state index contributed by atoms with van der Waals surface area (Å²) < 4.78 is 13.2. The minimum atomic E-state index is -0.689. The number of rotatable bonds is 7. The van der Waals surface area contributed by atoms with Crippen LogP contribution in [0.15, 0.2) is 49.4 Å². The van der Waals surface area contributed by atoms with Gasteiger partial charge in [0.15, 0.2) is 0 Å². The second-order valence-corrected chi connectivity index (χ2v) is 5.42. The van der Waals surface area contributed by atoms with E-state index < -0.39 is 11.9 Å². The zero-order chi connectivity index (χ0) is 17.5. The topological polar surface area (TPSA) is 69.8 Å². The number of hydrogen-bond donors (Lipinski definition) is 3. The van der Waals surface area contributed by atoms with Gasteiger partial charge in [-0.05, 0) is 30.5 Å². The van der Waals surface area contributed by atoms with Crippen molar-refractivity contribution in [1.82, 2.24) is 10.2 Å². The van der Waals surface area contributed by atoms with Crippen LogP contribution in [0.3, 0.4) is 0 Å². The second-order valence-electron chi connectivity index (χ2n) is 5.42. The first-order valence-electron chi connectivity index (χ1n) is 7.75. The molecule has 1 aromatic carbocycles. The fourth-order valence-electron chi connectivity index (χ4n) is 2.17. The van der Waals surface area contributed by atoms with Crippen molar-refractivity contribution in [1.29, 1.82) is 0 Å². The number of aryl methyl sites for hydroxylation is 1. The largest absolute Gasteiger partial charge is 0.323 e. The summed E-state index contributed by atoms with van der Waals surface area (Å²) in [6, 6.07) is 7.23. The van der Waals surface area contributed by atoms with E-state index in [9.17, 15) is 9.18 Å². The fourth-order valence-corrected chi connectivity index (χ4v) is 2.17. The number of H-pyrrole nitrogens is 1. The molecule has 2 amide bonds. The summed E-state index contributed by atoms with van der Waals surface area (Å²) in [5.74, 6) is -0.689. The minimum absolute atomic E-state index is 0.0445. The maximum absolute atomic E-state index is 13.2. The van der Waals surface area contributed by atoms with Gasteiger partial charge in [-0.2, -0.15) is 5.10 Å². The Morgan fingerprint density at radius 2 is 1.96 bits per heavy atom. The number of aromatic nitrogens is 2. The Labute approximate surface area is 140 Å². The molecule has 5 nitrogen and oxygen atoms in total. The van der Waals surface area contributed by atoms with Crippen molar-refractivity contribution >= 4 is 23.0 Å². The number of hydrogen-bond acceptors (Lipinski definition) is 2. The molecule has 2 aromatic rings. The monoisotopic (exact) mass is 328 g/mol. The van der Waals surface area contributed by atoms with Crippen molar-refractivity contribution in [2.45, 2.75) is 26.2 Å². The molecule has 24 heavy (non-hydrogen) atoms. The number of unbranched alkanes of at least 4 members (excludes halogenated alkanes) is 1. The zero-order valence-electron chi connectivity index (χ0n) is 13.7. The highest BCUT2D eigenvalue weighted by molar-refractivity contribution is 6.01. The molecule has 0 spiro atoms. The summed E-state index contributed by atoms with van der Waals surface area (Å²) >= 11 is 0. The number of aromatic amines is 1. The molecule has 1 heterocycles. The van der Waals surface area contributed by atoms with Gasteiger partial charge in [0.25, 0.3) is 0 Å². The maximum Gasteiger partial charge on any atom is 0.323 e. The van der Waals surface area contributed by atoms with E-state index in [2.05, 4.69) is 40.9 Å². The Balaban J connectivity index is 1.98. The average Bonchev–Trinajstić information content (AvgIpc) is 3.01. The number of carbonyl (C=O) groups is 1. The number of urea groups is 1. The number of amides is 2. The quantitative estimate of drug-likeness (QED) is 0.633. The van der Waals surface area contributed by atoms with E-state index in [1.54, 1.807) is 0 Å². The van der Waals surface area contributed by atoms with Crippen LogP contribution in [0.1, 0.15) is 31.0 Å². The first-order valence-corrected chi connectivity index (χ1v) is 7.75. The van der Waals surface area contributed by atoms with Crippen LogP contribution in [0.25, 0.3) is 5.57 Å². The van der Waals surface area contributed by atoms with E-state index in [4.69, 9.17) is 0 Å². The Kier molecular flexibility index (Phi) is 5.89. The number of allylic oxidation sites excluding steroid dienone is 2. The first kappa shape index (κ1) is 17.5. The van der Waals surface area contributed by atoms with E-state index in [1.165, 1.54) is 11.8 Å². The van der Waals surface area contributed by atoms with Gasteiger partial charge in [0.2, 0.25) is 0 Å². The molecule has 0 aliphatic carbocycles. The van der Waals surface area contributed by atoms with E-state index in [0.717, 1.165) is 19.3 Å². The van der Waals surface area contributed by atoms with Gasteiger partial charge in [-0.1, -0.05) is 38.6 Å². The third kappa shape index (κ3) is 4.55. The molecule has 0 saturated carbocycles. The van der Waals surface area contributed by atoms with Gasteiger partial charge >= 0.3 is 6.03 Å². The molecule has 0 bridgehead atoms. The molecule has 0 atom stereocenters. The molecule has 0 aliphatic heterocycles. The lowest BCUT2D eigenvalue weighted by Crippen LogP contribution is -2.19. The lowest BCUT2D eigenvalue weighted by Gasteiger charge is -2.09. The molecule has 2 rings (SSSR count). The lowest BCUT2D eigenvalue weighted by atomic mass is 10.1. The van der Waals surface area contributed by atoms with Crippen LogP contribution < -0.4 is 10.6 Å². The molecule has 1 aromatic heterocycles. The normalized spacial score (nSPS) is 10.2. The number of halogens is 1. The molecule has 0 fully saturated rings. The van der Waals surface area contributed by atoms with Crippen molar-refractivity contribution in [3.63, 3.8) is 0 Å². The van der Waals surface area contributed by atoms with Crippen LogP contribution >= 0.6 is 0 Å². The molecule has 0 radical (unpaired) electrons. The van der Waals surface area contributed by atoms with Gasteiger partial charge < -0.3 is 10.6 Å². The number of nitrogens with zero attached hydrogens (tertiary/aromatic N) is 1. The Hall–Kier alpha value is -2.89. The standard InChI is InChI=1S/C18H21FN4O/c1-4-5-6-14-7-9-15(10-8-14)21-18(24)22-16-11-20-23-17(16)12(2)13(3)19/h7-11H,2-6H2,1H3,(H,20,23)(H2,21,22,24). The van der Waals surface area contributed by atoms with Crippen molar-refractivity contribution in [3.05, 3.63) is 60.7 Å². The van der Waals surface area contributed by atoms with Crippen molar-refractivity contribution in [2.24, 2.45) is 0 Å².